The fourth-order valence-corrected chi connectivity index (χ4v) is 8.64. The summed E-state index contributed by atoms with van der Waals surface area (Å²) < 4.78 is 57.5. The Kier molecular flexibility index (Phi) is 5.20. The maximum absolute atomic E-state index is 13.0. The van der Waals surface area contributed by atoms with E-state index in [1.165, 1.54) is 4.31 Å². The quantitative estimate of drug-likeness (QED) is 0.693. The van der Waals surface area contributed by atoms with Crippen LogP contribution in [0.2, 0.25) is 0 Å². The van der Waals surface area contributed by atoms with Crippen LogP contribution >= 0.6 is 27.3 Å². The van der Waals surface area contributed by atoms with E-state index in [1.807, 2.05) is 0 Å². The lowest BCUT2D eigenvalue weighted by Crippen LogP contribution is -2.44. The van der Waals surface area contributed by atoms with E-state index in [1.54, 1.807) is 12.1 Å². The number of halogens is 1. The van der Waals surface area contributed by atoms with Gasteiger partial charge in [-0.05, 0) is 47.3 Å². The first-order valence-corrected chi connectivity index (χ1v) is 12.2. The molecule has 0 aliphatic carbocycles. The molecular formula is C13H18BrNO5S3. The van der Waals surface area contributed by atoms with Gasteiger partial charge in [-0.3, -0.25) is 0 Å². The van der Waals surface area contributed by atoms with E-state index in [-0.39, 0.29) is 28.4 Å². The average Bonchev–Trinajstić information content (AvgIpc) is 3.17. The summed E-state index contributed by atoms with van der Waals surface area (Å²) in [6.45, 7) is 0.851. The second kappa shape index (κ2) is 6.72. The minimum Gasteiger partial charge on any atom is -0.377 e. The predicted octanol–water partition coefficient (Wildman–Crippen LogP) is 1.87. The van der Waals surface area contributed by atoms with Crippen molar-refractivity contribution in [1.29, 1.82) is 0 Å². The lowest BCUT2D eigenvalue weighted by atomic mass is 10.2. The summed E-state index contributed by atoms with van der Waals surface area (Å²) in [6.07, 6.45) is 1.91. The Morgan fingerprint density at radius 1 is 1.35 bits per heavy atom. The van der Waals surface area contributed by atoms with Gasteiger partial charge in [0, 0.05) is 19.2 Å². The summed E-state index contributed by atoms with van der Waals surface area (Å²) in [5, 5.41) is 0. The summed E-state index contributed by atoms with van der Waals surface area (Å²) in [5.41, 5.74) is 0. The second-order valence-corrected chi connectivity index (χ2v) is 12.6. The zero-order valence-electron chi connectivity index (χ0n) is 12.4. The normalized spacial score (nSPS) is 27.7. The van der Waals surface area contributed by atoms with Crippen LogP contribution in [0.15, 0.2) is 20.1 Å². The first kappa shape index (κ1) is 17.8. The van der Waals surface area contributed by atoms with Gasteiger partial charge >= 0.3 is 0 Å². The predicted molar refractivity (Wildman–Crippen MR) is 91.9 cm³/mol. The number of hydrogen-bond donors (Lipinski definition) is 0. The lowest BCUT2D eigenvalue weighted by Gasteiger charge is -2.28. The van der Waals surface area contributed by atoms with Crippen LogP contribution in [0.3, 0.4) is 0 Å². The molecule has 130 valence electrons. The van der Waals surface area contributed by atoms with Crippen LogP contribution in [0.1, 0.15) is 19.3 Å². The topological polar surface area (TPSA) is 80.8 Å². The van der Waals surface area contributed by atoms with Gasteiger partial charge in [0.05, 0.1) is 21.4 Å². The van der Waals surface area contributed by atoms with Gasteiger partial charge in [0.1, 0.15) is 4.21 Å². The molecule has 6 nitrogen and oxygen atoms in total. The Balaban J connectivity index is 1.90. The molecule has 3 rings (SSSR count). The van der Waals surface area contributed by atoms with Crippen molar-refractivity contribution in [3.05, 3.63) is 15.9 Å². The Labute approximate surface area is 148 Å². The second-order valence-electron chi connectivity index (χ2n) is 5.83. The van der Waals surface area contributed by atoms with Gasteiger partial charge in [0.2, 0.25) is 0 Å². The average molecular weight is 444 g/mol. The Bertz CT molecular complexity index is 767. The van der Waals surface area contributed by atoms with Crippen molar-refractivity contribution >= 4 is 47.1 Å². The molecule has 1 aromatic rings. The first-order valence-electron chi connectivity index (χ1n) is 7.37. The van der Waals surface area contributed by atoms with E-state index in [2.05, 4.69) is 15.9 Å². The van der Waals surface area contributed by atoms with Crippen molar-refractivity contribution in [2.75, 3.05) is 24.7 Å². The Hall–Kier alpha value is -0.0000000000000000833. The van der Waals surface area contributed by atoms with Crippen molar-refractivity contribution in [3.8, 4) is 0 Å². The molecular weight excluding hydrogens is 426 g/mol. The summed E-state index contributed by atoms with van der Waals surface area (Å²) >= 11 is 4.41. The maximum atomic E-state index is 13.0. The smallest absolute Gasteiger partial charge is 0.252 e. The SMILES string of the molecule is O=S1(=O)CC[C@@H](N(C[C@H]2CCCO2)S(=O)(=O)c2ccc(Br)s2)C1. The van der Waals surface area contributed by atoms with Crippen LogP contribution in [0, 0.1) is 0 Å². The molecule has 3 heterocycles. The van der Waals surface area contributed by atoms with Crippen LogP contribution < -0.4 is 0 Å². The number of rotatable bonds is 5. The highest BCUT2D eigenvalue weighted by atomic mass is 79.9. The van der Waals surface area contributed by atoms with Crippen LogP contribution in [-0.4, -0.2) is 57.9 Å². The summed E-state index contributed by atoms with van der Waals surface area (Å²) in [5.74, 6) is -0.0607. The third-order valence-corrected chi connectivity index (χ3v) is 9.89. The van der Waals surface area contributed by atoms with E-state index < -0.39 is 25.9 Å². The van der Waals surface area contributed by atoms with E-state index in [0.717, 1.165) is 28.0 Å². The van der Waals surface area contributed by atoms with Crippen LogP contribution in [0.4, 0.5) is 0 Å². The maximum Gasteiger partial charge on any atom is 0.252 e. The highest BCUT2D eigenvalue weighted by Crippen LogP contribution is 2.32. The zero-order chi connectivity index (χ0) is 16.7. The minimum atomic E-state index is -3.72. The number of thiophene rings is 1. The van der Waals surface area contributed by atoms with Crippen molar-refractivity contribution in [2.45, 2.75) is 35.6 Å². The fraction of sp³-hybridized carbons (Fsp3) is 0.692. The number of ether oxygens (including phenoxy) is 1. The number of hydrogen-bond acceptors (Lipinski definition) is 6. The van der Waals surface area contributed by atoms with Crippen molar-refractivity contribution < 1.29 is 21.6 Å². The van der Waals surface area contributed by atoms with Crippen LogP contribution in [-0.2, 0) is 24.6 Å². The molecule has 10 heteroatoms. The summed E-state index contributed by atoms with van der Waals surface area (Å²) in [4.78, 5) is 0. The third-order valence-electron chi connectivity index (χ3n) is 4.13. The molecule has 0 bridgehead atoms. The van der Waals surface area contributed by atoms with Gasteiger partial charge in [-0.2, -0.15) is 4.31 Å². The van der Waals surface area contributed by atoms with Crippen LogP contribution in [0.25, 0.3) is 0 Å². The molecule has 0 saturated carbocycles. The molecule has 23 heavy (non-hydrogen) atoms. The fourth-order valence-electron chi connectivity index (χ4n) is 2.99. The monoisotopic (exact) mass is 443 g/mol. The van der Waals surface area contributed by atoms with E-state index in [4.69, 9.17) is 4.74 Å². The molecule has 0 radical (unpaired) electrons. The highest BCUT2D eigenvalue weighted by molar-refractivity contribution is 9.11. The van der Waals surface area contributed by atoms with Crippen molar-refractivity contribution in [1.82, 2.24) is 4.31 Å². The third kappa shape index (κ3) is 3.98. The van der Waals surface area contributed by atoms with Gasteiger partial charge in [0.25, 0.3) is 10.0 Å². The largest absolute Gasteiger partial charge is 0.377 e. The molecule has 0 unspecified atom stereocenters. The molecule has 2 aliphatic heterocycles. The molecule has 1 aromatic heterocycles. The van der Waals surface area contributed by atoms with Gasteiger partial charge in [-0.25, -0.2) is 16.8 Å². The first-order chi connectivity index (χ1) is 10.8. The molecule has 2 saturated heterocycles. The molecule has 0 N–H and O–H groups in total. The van der Waals surface area contributed by atoms with Gasteiger partial charge in [-0.1, -0.05) is 0 Å². The van der Waals surface area contributed by atoms with Gasteiger partial charge in [0.15, 0.2) is 9.84 Å². The molecule has 0 spiro atoms. The summed E-state index contributed by atoms with van der Waals surface area (Å²) in [6, 6.07) is 2.73. The summed E-state index contributed by atoms with van der Waals surface area (Å²) in [7, 11) is -6.89. The van der Waals surface area contributed by atoms with E-state index >= 15 is 0 Å². The van der Waals surface area contributed by atoms with Crippen molar-refractivity contribution in [2.24, 2.45) is 0 Å². The van der Waals surface area contributed by atoms with E-state index in [9.17, 15) is 16.8 Å². The van der Waals surface area contributed by atoms with E-state index in [0.29, 0.717) is 13.0 Å². The number of sulfone groups is 1. The van der Waals surface area contributed by atoms with Crippen LogP contribution in [0.5, 0.6) is 0 Å². The Morgan fingerprint density at radius 2 is 2.13 bits per heavy atom. The van der Waals surface area contributed by atoms with Gasteiger partial charge < -0.3 is 4.74 Å². The Morgan fingerprint density at radius 3 is 2.65 bits per heavy atom. The minimum absolute atomic E-state index is 0.0450. The highest BCUT2D eigenvalue weighted by Gasteiger charge is 2.40. The molecule has 2 fully saturated rings. The number of nitrogens with zero attached hydrogens (tertiary/aromatic N) is 1. The van der Waals surface area contributed by atoms with Crippen molar-refractivity contribution in [3.63, 3.8) is 0 Å². The molecule has 0 amide bonds. The zero-order valence-corrected chi connectivity index (χ0v) is 16.4. The lowest BCUT2D eigenvalue weighted by molar-refractivity contribution is 0.0877. The molecule has 2 aliphatic rings. The number of sulfonamides is 1. The molecule has 0 aromatic carbocycles. The van der Waals surface area contributed by atoms with Gasteiger partial charge in [-0.15, -0.1) is 11.3 Å². The molecule has 2 atom stereocenters. The standard InChI is InChI=1S/C13H18BrNO5S3/c14-12-3-4-13(21-12)23(18,19)15(8-11-2-1-6-20-11)10-5-7-22(16,17)9-10/h3-4,10-11H,1-2,5-9H2/t10-,11-/m1/s1.